The molecule has 1 aliphatic heterocycles. The van der Waals surface area contributed by atoms with Crippen molar-refractivity contribution in [2.75, 3.05) is 33.2 Å². The van der Waals surface area contributed by atoms with Gasteiger partial charge in [-0.05, 0) is 68.8 Å². The summed E-state index contributed by atoms with van der Waals surface area (Å²) in [6.45, 7) is 6.99. The first-order valence-corrected chi connectivity index (χ1v) is 17.5. The molecule has 4 aromatic carbocycles. The molecule has 0 aliphatic carbocycles. The highest BCUT2D eigenvalue weighted by Gasteiger charge is 2.32. The standard InChI is InChI=1S/C42H43FN4O6/c1-42(2,3)53-41(50)47-24-22-46(23-25-47)40(49)52-38-33-16-11-21-44-36(33)39(51-37(30-12-7-5-8-13-30)31-14-9-6-10-15-31)35(28-48)34(38)27-45(4)26-29-17-19-32(43)20-18-29/h5-21,28,37H,22-27H2,1-4H3. The normalized spacial score (nSPS) is 13.3. The maximum atomic E-state index is 13.9. The summed E-state index contributed by atoms with van der Waals surface area (Å²) in [6, 6.07) is 29.1. The fourth-order valence-corrected chi connectivity index (χ4v) is 6.32. The van der Waals surface area contributed by atoms with E-state index in [4.69, 9.17) is 14.2 Å². The minimum Gasteiger partial charge on any atom is -0.478 e. The number of carbonyl (C=O) groups excluding carboxylic acids is 3. The Kier molecular flexibility index (Phi) is 11.3. The Morgan fingerprint density at radius 1 is 0.811 bits per heavy atom. The van der Waals surface area contributed by atoms with Crippen molar-refractivity contribution in [3.63, 3.8) is 0 Å². The number of hydrogen-bond donors (Lipinski definition) is 0. The van der Waals surface area contributed by atoms with Crippen molar-refractivity contribution < 1.29 is 33.0 Å². The van der Waals surface area contributed by atoms with Gasteiger partial charge in [0.2, 0.25) is 0 Å². The molecule has 6 rings (SSSR count). The first kappa shape index (κ1) is 37.0. The predicted molar refractivity (Wildman–Crippen MR) is 199 cm³/mol. The molecule has 0 bridgehead atoms. The zero-order valence-corrected chi connectivity index (χ0v) is 30.3. The molecule has 0 unspecified atom stereocenters. The molecule has 0 saturated carbocycles. The summed E-state index contributed by atoms with van der Waals surface area (Å²) >= 11 is 0. The van der Waals surface area contributed by atoms with Crippen molar-refractivity contribution in [2.45, 2.75) is 45.6 Å². The van der Waals surface area contributed by atoms with Crippen molar-refractivity contribution >= 4 is 29.4 Å². The molecule has 0 atom stereocenters. The zero-order valence-electron chi connectivity index (χ0n) is 30.3. The quantitative estimate of drug-likeness (QED) is 0.134. The van der Waals surface area contributed by atoms with Crippen molar-refractivity contribution in [3.8, 4) is 11.5 Å². The van der Waals surface area contributed by atoms with Gasteiger partial charge in [-0.2, -0.15) is 0 Å². The number of carbonyl (C=O) groups is 3. The number of benzene rings is 4. The fraction of sp³-hybridized carbons (Fsp3) is 0.286. The van der Waals surface area contributed by atoms with Crippen LogP contribution in [-0.4, -0.2) is 77.0 Å². The molecule has 53 heavy (non-hydrogen) atoms. The lowest BCUT2D eigenvalue weighted by Crippen LogP contribution is -2.52. The number of ether oxygens (including phenoxy) is 3. The molecular formula is C42H43FN4O6. The number of fused-ring (bicyclic) bond motifs is 1. The average molecular weight is 719 g/mol. The molecule has 0 radical (unpaired) electrons. The van der Waals surface area contributed by atoms with Crippen LogP contribution in [0.5, 0.6) is 11.5 Å². The van der Waals surface area contributed by atoms with E-state index in [1.165, 1.54) is 17.0 Å². The molecule has 10 nitrogen and oxygen atoms in total. The number of pyridine rings is 1. The van der Waals surface area contributed by atoms with E-state index >= 15 is 0 Å². The lowest BCUT2D eigenvalue weighted by Gasteiger charge is -2.35. The minimum absolute atomic E-state index is 0.170. The summed E-state index contributed by atoms with van der Waals surface area (Å²) in [5.41, 5.74) is 2.93. The maximum Gasteiger partial charge on any atom is 0.415 e. The molecule has 0 spiro atoms. The number of halogens is 1. The van der Waals surface area contributed by atoms with E-state index in [9.17, 15) is 18.8 Å². The van der Waals surface area contributed by atoms with Gasteiger partial charge in [0.05, 0.1) is 5.56 Å². The smallest absolute Gasteiger partial charge is 0.415 e. The van der Waals surface area contributed by atoms with E-state index in [-0.39, 0.29) is 55.6 Å². The van der Waals surface area contributed by atoms with Gasteiger partial charge in [0.1, 0.15) is 28.8 Å². The van der Waals surface area contributed by atoms with Gasteiger partial charge in [0.15, 0.2) is 12.0 Å². The van der Waals surface area contributed by atoms with Gasteiger partial charge in [-0.25, -0.2) is 14.0 Å². The summed E-state index contributed by atoms with van der Waals surface area (Å²) < 4.78 is 32.3. The van der Waals surface area contributed by atoms with Crippen LogP contribution in [0.3, 0.4) is 0 Å². The Morgan fingerprint density at radius 3 is 1.96 bits per heavy atom. The van der Waals surface area contributed by atoms with Crippen LogP contribution >= 0.6 is 0 Å². The molecule has 0 N–H and O–H groups in total. The van der Waals surface area contributed by atoms with E-state index in [2.05, 4.69) is 4.98 Å². The summed E-state index contributed by atoms with van der Waals surface area (Å²) in [5, 5.41) is 0.485. The topological polar surface area (TPSA) is 102 Å². The lowest BCUT2D eigenvalue weighted by atomic mass is 9.98. The molecule has 1 aromatic heterocycles. The van der Waals surface area contributed by atoms with Gasteiger partial charge in [-0.3, -0.25) is 14.7 Å². The Morgan fingerprint density at radius 2 is 1.40 bits per heavy atom. The molecule has 1 aliphatic rings. The Hall–Kier alpha value is -5.81. The Balaban J connectivity index is 1.40. The number of aldehydes is 1. The second kappa shape index (κ2) is 16.2. The third-order valence-electron chi connectivity index (χ3n) is 8.84. The van der Waals surface area contributed by atoms with Crippen LogP contribution in [0.1, 0.15) is 59.5 Å². The Labute approximate surface area is 308 Å². The second-order valence-electron chi connectivity index (χ2n) is 14.0. The number of aromatic nitrogens is 1. The minimum atomic E-state index is -0.642. The average Bonchev–Trinajstić information content (AvgIpc) is 3.16. The van der Waals surface area contributed by atoms with Gasteiger partial charge in [-0.1, -0.05) is 72.8 Å². The highest BCUT2D eigenvalue weighted by atomic mass is 19.1. The van der Waals surface area contributed by atoms with Gasteiger partial charge in [0.25, 0.3) is 0 Å². The van der Waals surface area contributed by atoms with E-state index in [0.29, 0.717) is 29.3 Å². The molecule has 1 fully saturated rings. The highest BCUT2D eigenvalue weighted by molar-refractivity contribution is 6.01. The van der Waals surface area contributed by atoms with E-state index in [0.717, 1.165) is 16.7 Å². The monoisotopic (exact) mass is 718 g/mol. The molecule has 5 aromatic rings. The summed E-state index contributed by atoms with van der Waals surface area (Å²) in [6.07, 6.45) is 0.656. The molecule has 2 heterocycles. The summed E-state index contributed by atoms with van der Waals surface area (Å²) in [7, 11) is 1.87. The van der Waals surface area contributed by atoms with Crippen LogP contribution in [0, 0.1) is 5.82 Å². The largest absolute Gasteiger partial charge is 0.478 e. The van der Waals surface area contributed by atoms with Gasteiger partial charge in [-0.15, -0.1) is 0 Å². The van der Waals surface area contributed by atoms with Crippen LogP contribution in [0.15, 0.2) is 103 Å². The number of rotatable bonds is 10. The molecule has 11 heteroatoms. The van der Waals surface area contributed by atoms with Crippen LogP contribution in [0.2, 0.25) is 0 Å². The zero-order chi connectivity index (χ0) is 37.5. The number of hydrogen-bond acceptors (Lipinski definition) is 8. The van der Waals surface area contributed by atoms with Crippen molar-refractivity contribution in [3.05, 3.63) is 137 Å². The fourth-order valence-electron chi connectivity index (χ4n) is 6.32. The summed E-state index contributed by atoms with van der Waals surface area (Å²) in [4.78, 5) is 49.6. The SMILES string of the molecule is CN(Cc1ccc(F)cc1)Cc1c(C=O)c(OC(c2ccccc2)c2ccccc2)c2ncccc2c1OC(=O)N1CCN(C(=O)OC(C)(C)C)CC1. The molecule has 274 valence electrons. The van der Waals surface area contributed by atoms with Gasteiger partial charge < -0.3 is 24.0 Å². The molecule has 2 amide bonds. The van der Waals surface area contributed by atoms with E-state index in [1.54, 1.807) is 56.1 Å². The first-order chi connectivity index (χ1) is 25.5. The number of piperazine rings is 1. The molecule has 1 saturated heterocycles. The van der Waals surface area contributed by atoms with Crippen LogP contribution in [0.25, 0.3) is 10.9 Å². The van der Waals surface area contributed by atoms with Crippen LogP contribution in [0.4, 0.5) is 14.0 Å². The number of nitrogens with zero attached hydrogens (tertiary/aromatic N) is 4. The maximum absolute atomic E-state index is 13.9. The number of amides is 2. The van der Waals surface area contributed by atoms with Crippen molar-refractivity contribution in [2.24, 2.45) is 0 Å². The van der Waals surface area contributed by atoms with Crippen molar-refractivity contribution in [1.82, 2.24) is 19.7 Å². The van der Waals surface area contributed by atoms with Crippen LogP contribution < -0.4 is 9.47 Å². The van der Waals surface area contributed by atoms with Gasteiger partial charge in [0, 0.05) is 56.4 Å². The van der Waals surface area contributed by atoms with Gasteiger partial charge >= 0.3 is 12.2 Å². The van der Waals surface area contributed by atoms with E-state index < -0.39 is 23.9 Å². The predicted octanol–water partition coefficient (Wildman–Crippen LogP) is 8.04. The van der Waals surface area contributed by atoms with Crippen molar-refractivity contribution in [1.29, 1.82) is 0 Å². The van der Waals surface area contributed by atoms with Crippen LogP contribution in [-0.2, 0) is 17.8 Å². The first-order valence-electron chi connectivity index (χ1n) is 17.5. The Bertz CT molecular complexity index is 2010. The van der Waals surface area contributed by atoms with E-state index in [1.807, 2.05) is 72.6 Å². The lowest BCUT2D eigenvalue weighted by molar-refractivity contribution is 0.0154. The third kappa shape index (κ3) is 8.99. The molecular weight excluding hydrogens is 675 g/mol. The second-order valence-corrected chi connectivity index (χ2v) is 14.0. The highest BCUT2D eigenvalue weighted by Crippen LogP contribution is 2.43. The summed E-state index contributed by atoms with van der Waals surface area (Å²) in [5.74, 6) is 0.101. The third-order valence-corrected chi connectivity index (χ3v) is 8.84.